The first-order chi connectivity index (χ1) is 19.8. The van der Waals surface area contributed by atoms with Crippen LogP contribution >= 0.6 is 0 Å². The third kappa shape index (κ3) is 6.08. The molecule has 3 aromatic carbocycles. The molecule has 3 aromatic rings. The van der Waals surface area contributed by atoms with Gasteiger partial charge >= 0.3 is 18.4 Å². The maximum absolute atomic E-state index is 14.0. The SMILES string of the molecule is COC(=O)N1CCN(C2Cc3ccc(NC(=O)c4cccc(C(F)(F)F)c4-c4ccc(C(F)(F)F)cc4)cc3C2)CC1. The number of hydrogen-bond donors (Lipinski definition) is 1. The van der Waals surface area contributed by atoms with E-state index in [0.717, 1.165) is 41.8 Å². The normalized spacial score (nSPS) is 17.6. The number of nitrogens with one attached hydrogen (secondary N) is 1. The van der Waals surface area contributed by atoms with Crippen LogP contribution in [0.5, 0.6) is 0 Å². The van der Waals surface area contributed by atoms with Crippen LogP contribution in [0.1, 0.15) is 32.6 Å². The Morgan fingerprint density at radius 2 is 1.50 bits per heavy atom. The van der Waals surface area contributed by atoms with Gasteiger partial charge in [-0.3, -0.25) is 9.69 Å². The molecule has 1 atom stereocenters. The van der Waals surface area contributed by atoms with Gasteiger partial charge in [-0.2, -0.15) is 26.3 Å². The Morgan fingerprint density at radius 3 is 2.12 bits per heavy atom. The Kier molecular flexibility index (Phi) is 7.93. The van der Waals surface area contributed by atoms with E-state index < -0.39 is 35.0 Å². The molecule has 0 bridgehead atoms. The van der Waals surface area contributed by atoms with Gasteiger partial charge in [0.2, 0.25) is 0 Å². The van der Waals surface area contributed by atoms with Crippen LogP contribution in [0.15, 0.2) is 60.7 Å². The van der Waals surface area contributed by atoms with E-state index >= 15 is 0 Å². The third-order valence-corrected chi connectivity index (χ3v) is 7.75. The van der Waals surface area contributed by atoms with E-state index in [-0.39, 0.29) is 23.3 Å². The van der Waals surface area contributed by atoms with Crippen LogP contribution in [0.2, 0.25) is 0 Å². The minimum Gasteiger partial charge on any atom is -0.453 e. The van der Waals surface area contributed by atoms with Gasteiger partial charge in [-0.15, -0.1) is 0 Å². The Balaban J connectivity index is 1.35. The predicted molar refractivity (Wildman–Crippen MR) is 143 cm³/mol. The highest BCUT2D eigenvalue weighted by molar-refractivity contribution is 6.09. The lowest BCUT2D eigenvalue weighted by atomic mass is 9.92. The summed E-state index contributed by atoms with van der Waals surface area (Å²) in [4.78, 5) is 29.1. The lowest BCUT2D eigenvalue weighted by Crippen LogP contribution is -2.52. The van der Waals surface area contributed by atoms with Gasteiger partial charge in [0, 0.05) is 49.0 Å². The van der Waals surface area contributed by atoms with Gasteiger partial charge in [0.1, 0.15) is 0 Å². The van der Waals surface area contributed by atoms with Crippen molar-refractivity contribution in [1.82, 2.24) is 9.80 Å². The molecule has 0 aromatic heterocycles. The van der Waals surface area contributed by atoms with Crippen molar-refractivity contribution in [3.63, 3.8) is 0 Å². The zero-order valence-electron chi connectivity index (χ0n) is 22.5. The van der Waals surface area contributed by atoms with E-state index in [9.17, 15) is 35.9 Å². The van der Waals surface area contributed by atoms with Crippen molar-refractivity contribution < 1.29 is 40.7 Å². The number of anilines is 1. The summed E-state index contributed by atoms with van der Waals surface area (Å²) in [5, 5.41) is 2.67. The standard InChI is InChI=1S/C30H27F6N3O3/c1-42-28(41)39-13-11-38(12-14-39)23-16-19-7-10-22(15-20(19)17-23)37-27(40)24-3-2-4-25(30(34,35)36)26(24)18-5-8-21(9-6-18)29(31,32)33/h2-10,15,23H,11-14,16-17H2,1H3,(H,37,40). The highest BCUT2D eigenvalue weighted by Crippen LogP contribution is 2.40. The number of halogens is 6. The molecule has 1 fully saturated rings. The number of benzene rings is 3. The molecule has 1 unspecified atom stereocenters. The van der Waals surface area contributed by atoms with Crippen LogP contribution in [0.3, 0.4) is 0 Å². The van der Waals surface area contributed by atoms with E-state index in [1.165, 1.54) is 13.2 Å². The molecule has 5 rings (SSSR count). The number of alkyl halides is 6. The first-order valence-electron chi connectivity index (χ1n) is 13.2. The number of piperazine rings is 1. The number of carbonyl (C=O) groups excluding carboxylic acids is 2. The average Bonchev–Trinajstić information content (AvgIpc) is 3.39. The van der Waals surface area contributed by atoms with Crippen LogP contribution in [0.4, 0.5) is 36.8 Å². The van der Waals surface area contributed by atoms with Crippen LogP contribution in [-0.4, -0.2) is 61.1 Å². The van der Waals surface area contributed by atoms with Gasteiger partial charge < -0.3 is 15.0 Å². The third-order valence-electron chi connectivity index (χ3n) is 7.75. The summed E-state index contributed by atoms with van der Waals surface area (Å²) < 4.78 is 85.8. The summed E-state index contributed by atoms with van der Waals surface area (Å²) in [6, 6.07) is 11.9. The topological polar surface area (TPSA) is 61.9 Å². The number of methoxy groups -OCH3 is 1. The first kappa shape index (κ1) is 29.4. The smallest absolute Gasteiger partial charge is 0.417 e. The molecule has 0 saturated carbocycles. The number of ether oxygens (including phenoxy) is 1. The summed E-state index contributed by atoms with van der Waals surface area (Å²) in [6.45, 7) is 2.50. The minimum absolute atomic E-state index is 0.162. The van der Waals surface area contributed by atoms with E-state index in [0.29, 0.717) is 50.4 Å². The largest absolute Gasteiger partial charge is 0.453 e. The van der Waals surface area contributed by atoms with Gasteiger partial charge in [-0.05, 0) is 65.9 Å². The fraction of sp³-hybridized carbons (Fsp3) is 0.333. The molecule has 1 saturated heterocycles. The van der Waals surface area contributed by atoms with E-state index in [2.05, 4.69) is 10.2 Å². The molecular formula is C30H27F6N3O3. The van der Waals surface area contributed by atoms with Gasteiger partial charge in [0.15, 0.2) is 0 Å². The Morgan fingerprint density at radius 1 is 0.833 bits per heavy atom. The fourth-order valence-electron chi connectivity index (χ4n) is 5.64. The van der Waals surface area contributed by atoms with Crippen LogP contribution < -0.4 is 5.32 Å². The molecular weight excluding hydrogens is 564 g/mol. The van der Waals surface area contributed by atoms with Crippen LogP contribution in [0.25, 0.3) is 11.1 Å². The maximum Gasteiger partial charge on any atom is 0.417 e. The second-order valence-electron chi connectivity index (χ2n) is 10.3. The van der Waals surface area contributed by atoms with Gasteiger partial charge in [-0.1, -0.05) is 24.3 Å². The summed E-state index contributed by atoms with van der Waals surface area (Å²) in [5.74, 6) is -0.815. The molecule has 42 heavy (non-hydrogen) atoms. The lowest BCUT2D eigenvalue weighted by molar-refractivity contribution is -0.138. The fourth-order valence-corrected chi connectivity index (χ4v) is 5.64. The molecule has 2 amide bonds. The summed E-state index contributed by atoms with van der Waals surface area (Å²) in [6.07, 6.45) is -8.37. The summed E-state index contributed by atoms with van der Waals surface area (Å²) >= 11 is 0. The molecule has 1 aliphatic carbocycles. The van der Waals surface area contributed by atoms with Crippen molar-refractivity contribution in [3.8, 4) is 11.1 Å². The summed E-state index contributed by atoms with van der Waals surface area (Å²) in [5.41, 5.74) is -0.619. The van der Waals surface area contributed by atoms with Crippen molar-refractivity contribution >= 4 is 17.7 Å². The number of nitrogens with zero attached hydrogens (tertiary/aromatic N) is 2. The molecule has 1 heterocycles. The second-order valence-corrected chi connectivity index (χ2v) is 10.3. The first-order valence-corrected chi connectivity index (χ1v) is 13.2. The highest BCUT2D eigenvalue weighted by atomic mass is 19.4. The van der Waals surface area contributed by atoms with E-state index in [1.807, 2.05) is 6.07 Å². The Bertz CT molecular complexity index is 1480. The van der Waals surface area contributed by atoms with E-state index in [1.54, 1.807) is 17.0 Å². The lowest BCUT2D eigenvalue weighted by Gasteiger charge is -2.37. The molecule has 6 nitrogen and oxygen atoms in total. The molecule has 1 aliphatic heterocycles. The van der Waals surface area contributed by atoms with Crippen LogP contribution in [0, 0.1) is 0 Å². The second kappa shape index (κ2) is 11.3. The Hall–Kier alpha value is -4.06. The van der Waals surface area contributed by atoms with Crippen molar-refractivity contribution in [2.45, 2.75) is 31.2 Å². The van der Waals surface area contributed by atoms with Crippen LogP contribution in [-0.2, 0) is 29.9 Å². The molecule has 2 aliphatic rings. The Labute approximate surface area is 237 Å². The molecule has 0 spiro atoms. The van der Waals surface area contributed by atoms with Gasteiger partial charge in [-0.25, -0.2) is 4.79 Å². The number of fused-ring (bicyclic) bond motifs is 1. The zero-order valence-corrected chi connectivity index (χ0v) is 22.5. The summed E-state index contributed by atoms with van der Waals surface area (Å²) in [7, 11) is 1.35. The van der Waals surface area contributed by atoms with Gasteiger partial charge in [0.05, 0.1) is 18.2 Å². The number of amides is 2. The number of carbonyl (C=O) groups is 2. The number of hydrogen-bond acceptors (Lipinski definition) is 4. The van der Waals surface area contributed by atoms with Crippen molar-refractivity contribution in [3.05, 3.63) is 88.5 Å². The molecule has 0 radical (unpaired) electrons. The molecule has 1 N–H and O–H groups in total. The maximum atomic E-state index is 14.0. The molecule has 12 heteroatoms. The monoisotopic (exact) mass is 591 g/mol. The van der Waals surface area contributed by atoms with E-state index in [4.69, 9.17) is 4.74 Å². The predicted octanol–water partition coefficient (Wildman–Crippen LogP) is 6.49. The van der Waals surface area contributed by atoms with Crippen molar-refractivity contribution in [1.29, 1.82) is 0 Å². The number of rotatable bonds is 4. The van der Waals surface area contributed by atoms with Gasteiger partial charge in [0.25, 0.3) is 5.91 Å². The zero-order chi connectivity index (χ0) is 30.2. The average molecular weight is 592 g/mol. The minimum atomic E-state index is -4.85. The highest BCUT2D eigenvalue weighted by Gasteiger charge is 2.37. The van der Waals surface area contributed by atoms with Crippen molar-refractivity contribution in [2.24, 2.45) is 0 Å². The molecule has 222 valence electrons. The van der Waals surface area contributed by atoms with Crippen molar-refractivity contribution in [2.75, 3.05) is 38.6 Å². The quantitative estimate of drug-likeness (QED) is 0.352.